The molecule has 1 aliphatic rings. The third-order valence-corrected chi connectivity index (χ3v) is 5.27. The molecule has 0 aliphatic heterocycles. The summed E-state index contributed by atoms with van der Waals surface area (Å²) in [6.07, 6.45) is 9.07. The molecule has 19 heavy (non-hydrogen) atoms. The Hall–Kier alpha value is -0.600. The van der Waals surface area contributed by atoms with E-state index in [2.05, 4.69) is 43.1 Å². The van der Waals surface area contributed by atoms with Crippen molar-refractivity contribution in [3.05, 3.63) is 33.5 Å². The summed E-state index contributed by atoms with van der Waals surface area (Å²) in [5, 5.41) is 3.65. The number of hydrogen-bond acceptors (Lipinski definition) is 2. The first kappa shape index (κ1) is 14.8. The van der Waals surface area contributed by atoms with E-state index in [-0.39, 0.29) is 0 Å². The van der Waals surface area contributed by atoms with Crippen molar-refractivity contribution in [3.63, 3.8) is 0 Å². The van der Waals surface area contributed by atoms with Gasteiger partial charge in [-0.25, -0.2) is 0 Å². The van der Waals surface area contributed by atoms with Gasteiger partial charge in [-0.05, 0) is 63.6 Å². The highest BCUT2D eigenvalue weighted by Gasteiger charge is 2.17. The molecule has 1 aromatic rings. The van der Waals surface area contributed by atoms with Crippen molar-refractivity contribution in [1.82, 2.24) is 5.32 Å². The maximum Gasteiger partial charge on any atom is 0.0417 e. The summed E-state index contributed by atoms with van der Waals surface area (Å²) >= 11 is 2.06. The molecule has 0 fully saturated rings. The Labute approximate surface area is 122 Å². The molecule has 0 bridgehead atoms. The van der Waals surface area contributed by atoms with Gasteiger partial charge in [0, 0.05) is 15.8 Å². The zero-order valence-corrected chi connectivity index (χ0v) is 13.2. The first-order valence-electron chi connectivity index (χ1n) is 7.70. The van der Waals surface area contributed by atoms with E-state index in [1.165, 1.54) is 44.1 Å². The summed E-state index contributed by atoms with van der Waals surface area (Å²) in [4.78, 5) is 3.21. The van der Waals surface area contributed by atoms with Crippen molar-refractivity contribution in [1.29, 1.82) is 0 Å². The van der Waals surface area contributed by atoms with Crippen LogP contribution in [0.4, 0.5) is 0 Å². The summed E-state index contributed by atoms with van der Waals surface area (Å²) in [6, 6.07) is 3.01. The van der Waals surface area contributed by atoms with Crippen LogP contribution in [0.1, 0.15) is 67.3 Å². The van der Waals surface area contributed by atoms with Gasteiger partial charge in [0.2, 0.25) is 0 Å². The van der Waals surface area contributed by atoms with E-state index in [1.807, 2.05) is 0 Å². The lowest BCUT2D eigenvalue weighted by Gasteiger charge is -2.16. The molecule has 1 aliphatic carbocycles. The van der Waals surface area contributed by atoms with Crippen LogP contribution in [-0.4, -0.2) is 6.54 Å². The fourth-order valence-electron chi connectivity index (χ4n) is 2.84. The Morgan fingerprint density at radius 3 is 2.89 bits per heavy atom. The summed E-state index contributed by atoms with van der Waals surface area (Å²) < 4.78 is 0. The second-order valence-electron chi connectivity index (χ2n) is 5.76. The van der Waals surface area contributed by atoms with Crippen molar-refractivity contribution in [2.24, 2.45) is 0 Å². The van der Waals surface area contributed by atoms with E-state index in [0.29, 0.717) is 6.04 Å². The quantitative estimate of drug-likeness (QED) is 0.568. The molecule has 1 aromatic heterocycles. The summed E-state index contributed by atoms with van der Waals surface area (Å²) in [5.74, 6) is 0. The van der Waals surface area contributed by atoms with E-state index >= 15 is 0 Å². The van der Waals surface area contributed by atoms with Crippen molar-refractivity contribution in [3.8, 4) is 0 Å². The summed E-state index contributed by atoms with van der Waals surface area (Å²) in [7, 11) is 0. The zero-order chi connectivity index (χ0) is 13.7. The second-order valence-corrected chi connectivity index (χ2v) is 6.93. The van der Waals surface area contributed by atoms with Gasteiger partial charge in [-0.2, -0.15) is 0 Å². The SMILES string of the molecule is C=C(C)CCC(NCC)c1cc2c(s1)CCCCC2. The number of rotatable bonds is 6. The summed E-state index contributed by atoms with van der Waals surface area (Å²) in [6.45, 7) is 9.41. The van der Waals surface area contributed by atoms with Crippen molar-refractivity contribution in [2.75, 3.05) is 6.54 Å². The fourth-order valence-corrected chi connectivity index (χ4v) is 4.21. The van der Waals surface area contributed by atoms with Crippen LogP contribution in [0.25, 0.3) is 0 Å². The highest BCUT2D eigenvalue weighted by molar-refractivity contribution is 7.12. The number of thiophene rings is 1. The number of nitrogens with one attached hydrogen (secondary N) is 1. The van der Waals surface area contributed by atoms with Gasteiger partial charge in [0.05, 0.1) is 0 Å². The lowest BCUT2D eigenvalue weighted by molar-refractivity contribution is 0.522. The lowest BCUT2D eigenvalue weighted by atomic mass is 10.0. The molecule has 1 N–H and O–H groups in total. The predicted octanol–water partition coefficient (Wildman–Crippen LogP) is 5.02. The summed E-state index contributed by atoms with van der Waals surface area (Å²) in [5.41, 5.74) is 2.93. The molecule has 2 heteroatoms. The van der Waals surface area contributed by atoms with Gasteiger partial charge in [-0.15, -0.1) is 17.9 Å². The average Bonchev–Trinajstić information content (AvgIpc) is 2.65. The highest BCUT2D eigenvalue weighted by Crippen LogP contribution is 2.34. The standard InChI is InChI=1S/C17H27NS/c1-4-18-15(11-10-13(2)3)17-12-14-8-6-5-7-9-16(14)19-17/h12,15,18H,2,4-11H2,1,3H3. The second kappa shape index (κ2) is 7.25. The Morgan fingerprint density at radius 2 is 2.16 bits per heavy atom. The molecule has 2 rings (SSSR count). The molecule has 0 saturated heterocycles. The number of fused-ring (bicyclic) bond motifs is 1. The Morgan fingerprint density at radius 1 is 1.37 bits per heavy atom. The van der Waals surface area contributed by atoms with E-state index in [0.717, 1.165) is 13.0 Å². The van der Waals surface area contributed by atoms with Gasteiger partial charge in [-0.3, -0.25) is 0 Å². The molecular formula is C17H27NS. The van der Waals surface area contributed by atoms with Crippen molar-refractivity contribution < 1.29 is 0 Å². The molecule has 0 aromatic carbocycles. The fraction of sp³-hybridized carbons (Fsp3) is 0.647. The topological polar surface area (TPSA) is 12.0 Å². The van der Waals surface area contributed by atoms with E-state index in [4.69, 9.17) is 0 Å². The van der Waals surface area contributed by atoms with Crippen LogP contribution < -0.4 is 5.32 Å². The number of aryl methyl sites for hydroxylation is 2. The molecule has 0 amide bonds. The zero-order valence-electron chi connectivity index (χ0n) is 12.4. The van der Waals surface area contributed by atoms with Gasteiger partial charge in [0.25, 0.3) is 0 Å². The maximum absolute atomic E-state index is 4.03. The largest absolute Gasteiger partial charge is 0.310 e. The minimum absolute atomic E-state index is 0.527. The van der Waals surface area contributed by atoms with E-state index in [9.17, 15) is 0 Å². The molecule has 0 spiro atoms. The van der Waals surface area contributed by atoms with Crippen LogP contribution in [0, 0.1) is 0 Å². The maximum atomic E-state index is 4.03. The Bertz CT molecular complexity index is 395. The molecule has 0 radical (unpaired) electrons. The van der Waals surface area contributed by atoms with Gasteiger partial charge in [0.15, 0.2) is 0 Å². The van der Waals surface area contributed by atoms with Crippen LogP contribution in [-0.2, 0) is 12.8 Å². The normalized spacial score (nSPS) is 16.7. The monoisotopic (exact) mass is 277 g/mol. The first-order chi connectivity index (χ1) is 9.20. The van der Waals surface area contributed by atoms with Gasteiger partial charge in [0.1, 0.15) is 0 Å². The smallest absolute Gasteiger partial charge is 0.0417 e. The van der Waals surface area contributed by atoms with Crippen LogP contribution in [0.3, 0.4) is 0 Å². The van der Waals surface area contributed by atoms with Crippen LogP contribution in [0.2, 0.25) is 0 Å². The third kappa shape index (κ3) is 4.19. The van der Waals surface area contributed by atoms with Crippen LogP contribution in [0.15, 0.2) is 18.2 Å². The van der Waals surface area contributed by atoms with Crippen LogP contribution >= 0.6 is 11.3 Å². The van der Waals surface area contributed by atoms with Crippen molar-refractivity contribution >= 4 is 11.3 Å². The number of allylic oxidation sites excluding steroid dienone is 1. The predicted molar refractivity (Wildman–Crippen MR) is 86.0 cm³/mol. The Balaban J connectivity index is 2.10. The van der Waals surface area contributed by atoms with E-state index in [1.54, 1.807) is 15.3 Å². The van der Waals surface area contributed by atoms with Gasteiger partial charge >= 0.3 is 0 Å². The third-order valence-electron chi connectivity index (χ3n) is 3.92. The molecular weight excluding hydrogens is 250 g/mol. The molecule has 1 atom stereocenters. The lowest BCUT2D eigenvalue weighted by Crippen LogP contribution is -2.20. The van der Waals surface area contributed by atoms with E-state index < -0.39 is 0 Å². The van der Waals surface area contributed by atoms with Crippen LogP contribution in [0.5, 0.6) is 0 Å². The molecule has 0 saturated carbocycles. The first-order valence-corrected chi connectivity index (χ1v) is 8.51. The minimum atomic E-state index is 0.527. The average molecular weight is 277 g/mol. The van der Waals surface area contributed by atoms with Gasteiger partial charge in [-0.1, -0.05) is 18.9 Å². The highest BCUT2D eigenvalue weighted by atomic mass is 32.1. The molecule has 106 valence electrons. The molecule has 1 nitrogen and oxygen atoms in total. The molecule has 1 unspecified atom stereocenters. The minimum Gasteiger partial charge on any atom is -0.310 e. The van der Waals surface area contributed by atoms with Gasteiger partial charge < -0.3 is 5.32 Å². The Kier molecular flexibility index (Phi) is 5.65. The van der Waals surface area contributed by atoms with Crippen molar-refractivity contribution in [2.45, 2.75) is 64.8 Å². The molecule has 1 heterocycles. The number of hydrogen-bond donors (Lipinski definition) is 1.